The zero-order chi connectivity index (χ0) is 16.9. The number of halogens is 1. The van der Waals surface area contributed by atoms with Gasteiger partial charge in [0.2, 0.25) is 0 Å². The molecule has 140 valence electrons. The standard InChI is InChI=1S/C21H37NO.ClH/c1-5-6-7-8-9-10-11-12-13-14-17-23-22-21-16-15-18(2)19(3)20(21)4;/h15-16,22H,5-14,17H2,1-4H3;1H. The van der Waals surface area contributed by atoms with Crippen LogP contribution in [0.4, 0.5) is 5.69 Å². The van der Waals surface area contributed by atoms with Gasteiger partial charge in [0, 0.05) is 11.6 Å². The molecule has 0 aliphatic rings. The van der Waals surface area contributed by atoms with Crippen LogP contribution >= 0.6 is 0 Å². The second kappa shape index (κ2) is 14.7. The third-order valence-corrected chi connectivity index (χ3v) is 4.93. The zero-order valence-corrected chi connectivity index (χ0v) is 17.1. The van der Waals surface area contributed by atoms with Gasteiger partial charge in [0.05, 0.1) is 0 Å². The van der Waals surface area contributed by atoms with E-state index in [4.69, 9.17) is 4.84 Å². The molecule has 0 fully saturated rings. The van der Waals surface area contributed by atoms with Gasteiger partial charge in [-0.3, -0.25) is 0 Å². The van der Waals surface area contributed by atoms with Crippen LogP contribution < -0.4 is 17.9 Å². The van der Waals surface area contributed by atoms with Crippen molar-refractivity contribution in [2.45, 2.75) is 91.9 Å². The molecule has 0 aromatic heterocycles. The lowest BCUT2D eigenvalue weighted by Gasteiger charge is -2.08. The number of benzene rings is 1. The third kappa shape index (κ3) is 9.66. The second-order valence-corrected chi connectivity index (χ2v) is 6.89. The van der Waals surface area contributed by atoms with Crippen LogP contribution in [0.25, 0.3) is 0 Å². The minimum absolute atomic E-state index is 0. The Balaban J connectivity index is 0.00000529. The Morgan fingerprint density at radius 3 is 1.88 bits per heavy atom. The van der Waals surface area contributed by atoms with Gasteiger partial charge in [-0.25, -0.2) is 4.84 Å². The first kappa shape index (κ1) is 23.4. The molecular formula is C21H38ClNO. The van der Waals surface area contributed by atoms with E-state index in [9.17, 15) is 0 Å². The maximum Gasteiger partial charge on any atom is 0.165 e. The van der Waals surface area contributed by atoms with E-state index in [1.165, 1.54) is 86.6 Å². The predicted octanol–water partition coefficient (Wildman–Crippen LogP) is 2.66. The minimum Gasteiger partial charge on any atom is -1.00 e. The summed E-state index contributed by atoms with van der Waals surface area (Å²) in [6, 6.07) is 4.34. The summed E-state index contributed by atoms with van der Waals surface area (Å²) < 4.78 is 0. The van der Waals surface area contributed by atoms with Crippen molar-refractivity contribution in [2.24, 2.45) is 0 Å². The summed E-state index contributed by atoms with van der Waals surface area (Å²) in [7, 11) is 0. The third-order valence-electron chi connectivity index (χ3n) is 4.93. The van der Waals surface area contributed by atoms with Crippen molar-refractivity contribution < 1.29 is 22.7 Å². The highest BCUT2D eigenvalue weighted by atomic mass is 35.5. The highest BCUT2D eigenvalue weighted by Gasteiger charge is 2.07. The van der Waals surface area contributed by atoms with E-state index in [1.807, 2.05) is 5.48 Å². The monoisotopic (exact) mass is 355 g/mol. The topological polar surface area (TPSA) is 25.8 Å². The van der Waals surface area contributed by atoms with E-state index in [0.29, 0.717) is 0 Å². The predicted molar refractivity (Wildman–Crippen MR) is 100 cm³/mol. The van der Waals surface area contributed by atoms with Crippen molar-refractivity contribution in [3.8, 4) is 0 Å². The molecule has 0 radical (unpaired) electrons. The average Bonchev–Trinajstić information content (AvgIpc) is 2.55. The Hall–Kier alpha value is -0.570. The Morgan fingerprint density at radius 1 is 0.750 bits per heavy atom. The number of hydrogen-bond acceptors (Lipinski definition) is 1. The van der Waals surface area contributed by atoms with Gasteiger partial charge in [-0.2, -0.15) is 5.48 Å². The van der Waals surface area contributed by atoms with E-state index in [0.717, 1.165) is 6.61 Å². The molecule has 1 rings (SSSR count). The fourth-order valence-corrected chi connectivity index (χ4v) is 2.93. The molecule has 2 nitrogen and oxygen atoms in total. The molecule has 24 heavy (non-hydrogen) atoms. The summed E-state index contributed by atoms with van der Waals surface area (Å²) in [4.78, 5) is 5.74. The summed E-state index contributed by atoms with van der Waals surface area (Å²) in [5.41, 5.74) is 7.24. The number of hydrogen-bond donors (Lipinski definition) is 1. The maximum absolute atomic E-state index is 5.74. The molecule has 0 saturated heterocycles. The number of quaternary nitrogens is 1. The molecule has 0 bridgehead atoms. The van der Waals surface area contributed by atoms with Crippen LogP contribution in [0, 0.1) is 20.8 Å². The Kier molecular flexibility index (Phi) is 14.4. The second-order valence-electron chi connectivity index (χ2n) is 6.89. The molecule has 0 aliphatic carbocycles. The van der Waals surface area contributed by atoms with Gasteiger partial charge in [0.1, 0.15) is 6.61 Å². The highest BCUT2D eigenvalue weighted by molar-refractivity contribution is 5.46. The van der Waals surface area contributed by atoms with Crippen molar-refractivity contribution in [3.63, 3.8) is 0 Å². The minimum atomic E-state index is 0. The van der Waals surface area contributed by atoms with E-state index in [2.05, 4.69) is 39.8 Å². The maximum atomic E-state index is 5.74. The molecule has 0 aliphatic heterocycles. The lowest BCUT2D eigenvalue weighted by atomic mass is 10.0. The Bertz CT molecular complexity index is 434. The van der Waals surface area contributed by atoms with Gasteiger partial charge in [-0.15, -0.1) is 0 Å². The smallest absolute Gasteiger partial charge is 0.165 e. The van der Waals surface area contributed by atoms with Crippen molar-refractivity contribution in [1.82, 2.24) is 0 Å². The quantitative estimate of drug-likeness (QED) is 0.328. The molecule has 0 atom stereocenters. The molecule has 1 aromatic carbocycles. The number of nitrogens with two attached hydrogens (primary N) is 1. The Morgan fingerprint density at radius 2 is 1.29 bits per heavy atom. The van der Waals surface area contributed by atoms with Gasteiger partial charge in [0.25, 0.3) is 0 Å². The highest BCUT2D eigenvalue weighted by Crippen LogP contribution is 2.17. The van der Waals surface area contributed by atoms with Crippen LogP contribution in [-0.4, -0.2) is 6.61 Å². The van der Waals surface area contributed by atoms with Crippen LogP contribution in [0.1, 0.15) is 87.8 Å². The summed E-state index contributed by atoms with van der Waals surface area (Å²) in [6.07, 6.45) is 13.7. The molecule has 1 aromatic rings. The normalized spacial score (nSPS) is 10.7. The summed E-state index contributed by atoms with van der Waals surface area (Å²) in [5, 5.41) is 0. The molecule has 0 saturated carbocycles. The molecule has 0 heterocycles. The first-order valence-electron chi connectivity index (χ1n) is 9.68. The number of unbranched alkanes of at least 4 members (excludes halogenated alkanes) is 9. The van der Waals surface area contributed by atoms with Gasteiger partial charge < -0.3 is 12.4 Å². The van der Waals surface area contributed by atoms with E-state index in [-0.39, 0.29) is 12.4 Å². The first-order valence-corrected chi connectivity index (χ1v) is 9.68. The van der Waals surface area contributed by atoms with Gasteiger partial charge >= 0.3 is 0 Å². The fourth-order valence-electron chi connectivity index (χ4n) is 2.93. The van der Waals surface area contributed by atoms with E-state index < -0.39 is 0 Å². The average molecular weight is 356 g/mol. The van der Waals surface area contributed by atoms with E-state index in [1.54, 1.807) is 0 Å². The number of aryl methyl sites for hydroxylation is 1. The van der Waals surface area contributed by atoms with Crippen LogP contribution in [0.15, 0.2) is 12.1 Å². The first-order chi connectivity index (χ1) is 11.2. The van der Waals surface area contributed by atoms with Gasteiger partial charge in [0.15, 0.2) is 5.69 Å². The van der Waals surface area contributed by atoms with Crippen LogP contribution in [0.3, 0.4) is 0 Å². The van der Waals surface area contributed by atoms with Gasteiger partial charge in [-0.05, 0) is 38.3 Å². The molecule has 3 heteroatoms. The van der Waals surface area contributed by atoms with Gasteiger partial charge in [-0.1, -0.05) is 70.8 Å². The summed E-state index contributed by atoms with van der Waals surface area (Å²) in [6.45, 7) is 9.66. The lowest BCUT2D eigenvalue weighted by molar-refractivity contribution is -0.837. The van der Waals surface area contributed by atoms with Crippen molar-refractivity contribution in [3.05, 3.63) is 28.8 Å². The summed E-state index contributed by atoms with van der Waals surface area (Å²) >= 11 is 0. The molecular weight excluding hydrogens is 318 g/mol. The Labute approximate surface area is 156 Å². The lowest BCUT2D eigenvalue weighted by Crippen LogP contribution is -3.00. The van der Waals surface area contributed by atoms with Crippen molar-refractivity contribution in [1.29, 1.82) is 0 Å². The molecule has 2 N–H and O–H groups in total. The fraction of sp³-hybridized carbons (Fsp3) is 0.714. The number of rotatable bonds is 13. The zero-order valence-electron chi connectivity index (χ0n) is 16.3. The van der Waals surface area contributed by atoms with Crippen LogP contribution in [-0.2, 0) is 4.84 Å². The van der Waals surface area contributed by atoms with Crippen molar-refractivity contribution in [2.75, 3.05) is 6.61 Å². The molecule has 0 amide bonds. The van der Waals surface area contributed by atoms with Crippen LogP contribution in [0.2, 0.25) is 0 Å². The molecule has 0 unspecified atom stereocenters. The van der Waals surface area contributed by atoms with E-state index >= 15 is 0 Å². The summed E-state index contributed by atoms with van der Waals surface area (Å²) in [5.74, 6) is 0. The van der Waals surface area contributed by atoms with Crippen LogP contribution in [0.5, 0.6) is 0 Å². The van der Waals surface area contributed by atoms with Crippen molar-refractivity contribution >= 4 is 5.69 Å². The SMILES string of the molecule is CCCCCCCCCCCCO[NH2+]c1ccc(C)c(C)c1C.[Cl-]. The largest absolute Gasteiger partial charge is 1.00 e. The molecule has 0 spiro atoms.